The van der Waals surface area contributed by atoms with Crippen LogP contribution in [0.1, 0.15) is 33.6 Å². The maximum atomic E-state index is 7.96. The zero-order chi connectivity index (χ0) is 18.7. The van der Waals surface area contributed by atoms with E-state index in [1.54, 1.807) is 13.0 Å². The first-order chi connectivity index (χ1) is 12.0. The predicted octanol–water partition coefficient (Wildman–Crippen LogP) is 5.73. The molecule has 0 bridgehead atoms. The molecule has 0 amide bonds. The highest BCUT2D eigenvalue weighted by atomic mass is 14.4. The maximum Gasteiger partial charge on any atom is 0.0452 e. The molecule has 0 radical (unpaired) electrons. The van der Waals surface area contributed by atoms with Gasteiger partial charge in [-0.05, 0) is 50.5 Å². The van der Waals surface area contributed by atoms with Crippen LogP contribution in [-0.2, 0) is 0 Å². The van der Waals surface area contributed by atoms with Crippen LogP contribution >= 0.6 is 0 Å². The van der Waals surface area contributed by atoms with Gasteiger partial charge in [0.05, 0.1) is 0 Å². The summed E-state index contributed by atoms with van der Waals surface area (Å²) in [6, 6.07) is 0. The molecule has 0 aromatic heterocycles. The van der Waals surface area contributed by atoms with Crippen molar-refractivity contribution in [3.63, 3.8) is 0 Å². The predicted molar refractivity (Wildman–Crippen MR) is 109 cm³/mol. The van der Waals surface area contributed by atoms with Crippen LogP contribution in [0.2, 0.25) is 0 Å². The van der Waals surface area contributed by atoms with Gasteiger partial charge in [-0.15, -0.1) is 5.73 Å². The van der Waals surface area contributed by atoms with Crippen molar-refractivity contribution in [1.29, 1.82) is 10.8 Å². The van der Waals surface area contributed by atoms with E-state index in [2.05, 4.69) is 49.3 Å². The van der Waals surface area contributed by atoms with Crippen LogP contribution < -0.4 is 0 Å². The Hall–Kier alpha value is -2.88. The summed E-state index contributed by atoms with van der Waals surface area (Å²) in [6.07, 6.45) is 16.4. The molecular weight excluding hydrogens is 304 g/mol. The van der Waals surface area contributed by atoms with Gasteiger partial charge in [-0.3, -0.25) is 0 Å². The highest BCUT2D eigenvalue weighted by molar-refractivity contribution is 6.00. The van der Waals surface area contributed by atoms with Gasteiger partial charge < -0.3 is 10.8 Å². The molecule has 0 aromatic carbocycles. The molecule has 25 heavy (non-hydrogen) atoms. The van der Waals surface area contributed by atoms with Crippen LogP contribution in [0.5, 0.6) is 0 Å². The van der Waals surface area contributed by atoms with Crippen LogP contribution in [-0.4, -0.2) is 11.9 Å². The maximum absolute atomic E-state index is 7.96. The Morgan fingerprint density at radius 1 is 1.40 bits per heavy atom. The van der Waals surface area contributed by atoms with E-state index in [-0.39, 0.29) is 5.92 Å². The molecule has 2 N–H and O–H groups in total. The second-order valence-electron chi connectivity index (χ2n) is 5.94. The van der Waals surface area contributed by atoms with E-state index in [0.717, 1.165) is 24.0 Å². The number of nitrogens with one attached hydrogen (secondary N) is 2. The fourth-order valence-electron chi connectivity index (χ4n) is 2.23. The second-order valence-corrected chi connectivity index (χ2v) is 5.94. The molecule has 1 atom stereocenters. The van der Waals surface area contributed by atoms with E-state index in [1.807, 2.05) is 25.2 Å². The van der Waals surface area contributed by atoms with Crippen LogP contribution in [0.15, 0.2) is 77.1 Å². The van der Waals surface area contributed by atoms with Crippen molar-refractivity contribution in [1.82, 2.24) is 0 Å². The Labute approximate surface area is 151 Å². The minimum absolute atomic E-state index is 0.186. The largest absolute Gasteiger partial charge is 0.309 e. The molecule has 1 aliphatic rings. The fourth-order valence-corrected chi connectivity index (χ4v) is 2.23. The molecular formula is C23H26N2. The van der Waals surface area contributed by atoms with Crippen molar-refractivity contribution in [3.05, 3.63) is 77.1 Å². The first-order valence-electron chi connectivity index (χ1n) is 8.32. The molecule has 0 spiro atoms. The molecule has 2 nitrogen and oxygen atoms in total. The van der Waals surface area contributed by atoms with E-state index >= 15 is 0 Å². The van der Waals surface area contributed by atoms with Gasteiger partial charge in [-0.1, -0.05) is 54.4 Å². The lowest BCUT2D eigenvalue weighted by atomic mass is 9.95. The highest BCUT2D eigenvalue weighted by Gasteiger charge is 2.06. The fraction of sp³-hybridized carbons (Fsp3) is 0.261. The van der Waals surface area contributed by atoms with E-state index in [1.165, 1.54) is 11.8 Å². The van der Waals surface area contributed by atoms with E-state index in [9.17, 15) is 0 Å². The standard InChI is InChI=1S/C23H26N2/c1-18(16-17-24)14-15-20(3)23(21(4)25)13-9-12-22-11-8-6-5-7-10-19(22)2/h5,7,9-10,14-17,22,24-25H,3,6,12H2,1-2,4H3. The summed E-state index contributed by atoms with van der Waals surface area (Å²) < 4.78 is 0. The topological polar surface area (TPSA) is 47.7 Å². The Kier molecular flexibility index (Phi) is 8.72. The average Bonchev–Trinajstić information content (AvgIpc) is 2.55. The quantitative estimate of drug-likeness (QED) is 0.259. The smallest absolute Gasteiger partial charge is 0.0452 e. The van der Waals surface area contributed by atoms with Gasteiger partial charge in [0.25, 0.3) is 0 Å². The van der Waals surface area contributed by atoms with Gasteiger partial charge in [0, 0.05) is 29.8 Å². The van der Waals surface area contributed by atoms with Crippen LogP contribution in [0, 0.1) is 28.6 Å². The molecule has 128 valence electrons. The van der Waals surface area contributed by atoms with Gasteiger partial charge in [0.2, 0.25) is 0 Å². The molecule has 0 fully saturated rings. The molecule has 0 heterocycles. The minimum Gasteiger partial charge on any atom is -0.309 e. The summed E-state index contributed by atoms with van der Waals surface area (Å²) in [5.74, 6) is 6.64. The van der Waals surface area contributed by atoms with Gasteiger partial charge in [0.15, 0.2) is 0 Å². The van der Waals surface area contributed by atoms with Crippen molar-refractivity contribution < 1.29 is 0 Å². The number of rotatable bonds is 7. The molecule has 2 heteroatoms. The van der Waals surface area contributed by atoms with Crippen molar-refractivity contribution in [3.8, 4) is 11.8 Å². The zero-order valence-corrected chi connectivity index (χ0v) is 15.3. The first-order valence-corrected chi connectivity index (χ1v) is 8.32. The lowest BCUT2D eigenvalue weighted by Gasteiger charge is -2.09. The second kappa shape index (κ2) is 10.8. The monoisotopic (exact) mass is 330 g/mol. The molecule has 1 unspecified atom stereocenters. The Morgan fingerprint density at radius 3 is 2.84 bits per heavy atom. The van der Waals surface area contributed by atoms with E-state index in [4.69, 9.17) is 10.8 Å². The van der Waals surface area contributed by atoms with Crippen LogP contribution in [0.4, 0.5) is 0 Å². The summed E-state index contributed by atoms with van der Waals surface area (Å²) in [5.41, 5.74) is 7.27. The number of hydrogen-bond acceptors (Lipinski definition) is 2. The van der Waals surface area contributed by atoms with Crippen LogP contribution in [0.25, 0.3) is 0 Å². The molecule has 0 saturated carbocycles. The zero-order valence-electron chi connectivity index (χ0n) is 15.3. The van der Waals surface area contributed by atoms with Gasteiger partial charge in [0.1, 0.15) is 0 Å². The van der Waals surface area contributed by atoms with Gasteiger partial charge in [-0.25, -0.2) is 0 Å². The van der Waals surface area contributed by atoms with Crippen molar-refractivity contribution >= 4 is 11.9 Å². The molecule has 1 rings (SSSR count). The lowest BCUT2D eigenvalue weighted by molar-refractivity contribution is 0.801. The van der Waals surface area contributed by atoms with Gasteiger partial charge >= 0.3 is 0 Å². The van der Waals surface area contributed by atoms with E-state index < -0.39 is 0 Å². The Balaban J connectivity index is 2.97. The third-order valence-electron chi connectivity index (χ3n) is 3.73. The average molecular weight is 330 g/mol. The van der Waals surface area contributed by atoms with Crippen molar-refractivity contribution in [2.24, 2.45) is 5.92 Å². The lowest BCUT2D eigenvalue weighted by Crippen LogP contribution is -1.99. The number of hydrogen-bond donors (Lipinski definition) is 2. The molecule has 0 aliphatic heterocycles. The Morgan fingerprint density at radius 2 is 2.16 bits per heavy atom. The summed E-state index contributed by atoms with van der Waals surface area (Å²) in [6.45, 7) is 9.78. The summed E-state index contributed by atoms with van der Waals surface area (Å²) in [7, 11) is 0. The van der Waals surface area contributed by atoms with Gasteiger partial charge in [-0.2, -0.15) is 0 Å². The van der Waals surface area contributed by atoms with Crippen molar-refractivity contribution in [2.75, 3.05) is 0 Å². The molecule has 1 aliphatic carbocycles. The SMILES string of the molecule is C=C(C=CC(C)=CC=N)C(=C=CCC1C#CCC=CC=C1C)C(C)=N. The van der Waals surface area contributed by atoms with Crippen LogP contribution in [0.3, 0.4) is 0 Å². The highest BCUT2D eigenvalue weighted by Crippen LogP contribution is 2.17. The molecule has 0 saturated heterocycles. The third kappa shape index (κ3) is 7.48. The van der Waals surface area contributed by atoms with E-state index in [0.29, 0.717) is 11.3 Å². The summed E-state index contributed by atoms with van der Waals surface area (Å²) in [4.78, 5) is 0. The summed E-state index contributed by atoms with van der Waals surface area (Å²) >= 11 is 0. The molecule has 0 aromatic rings. The summed E-state index contributed by atoms with van der Waals surface area (Å²) in [5, 5.41) is 15.0. The number of allylic oxidation sites excluding steroid dienone is 10. The third-order valence-corrected chi connectivity index (χ3v) is 3.73. The normalized spacial score (nSPS) is 16.7. The first kappa shape index (κ1) is 20.2. The van der Waals surface area contributed by atoms with Crippen molar-refractivity contribution in [2.45, 2.75) is 33.6 Å². The Bertz CT molecular complexity index is 780. The minimum atomic E-state index is 0.186.